The lowest BCUT2D eigenvalue weighted by Crippen LogP contribution is -2.43. The number of hydrogen-bond acceptors (Lipinski definition) is 5. The molecular weight excluding hydrogens is 462 g/mol. The van der Waals surface area contributed by atoms with Gasteiger partial charge in [0.1, 0.15) is 0 Å². The van der Waals surface area contributed by atoms with Gasteiger partial charge in [0.25, 0.3) is 0 Å². The summed E-state index contributed by atoms with van der Waals surface area (Å²) in [5.41, 5.74) is 4.92. The van der Waals surface area contributed by atoms with Gasteiger partial charge in [-0.25, -0.2) is 8.42 Å². The summed E-state index contributed by atoms with van der Waals surface area (Å²) in [4.78, 5) is 15.6. The van der Waals surface area contributed by atoms with E-state index < -0.39 is 10.0 Å². The normalized spacial score (nSPS) is 18.5. The van der Waals surface area contributed by atoms with E-state index in [1.807, 2.05) is 45.0 Å². The van der Waals surface area contributed by atoms with Crippen molar-refractivity contribution >= 4 is 15.9 Å². The zero-order valence-electron chi connectivity index (χ0n) is 21.0. The quantitative estimate of drug-likeness (QED) is 0.633. The Morgan fingerprint density at radius 3 is 2.26 bits per heavy atom. The molecule has 0 aromatic heterocycles. The topological polar surface area (TPSA) is 79.0 Å². The SMILES string of the molecule is Cc1cc(C)c(S(=O)(=O)N2CCC(C(=O)NCc3cccc(CN4CCOCC4)c3)CC2)c(C)c1. The Balaban J connectivity index is 1.30. The van der Waals surface area contributed by atoms with Gasteiger partial charge in [0.2, 0.25) is 15.9 Å². The number of benzene rings is 2. The van der Waals surface area contributed by atoms with Crippen molar-refractivity contribution < 1.29 is 17.9 Å². The number of nitrogens with zero attached hydrogens (tertiary/aromatic N) is 2. The van der Waals surface area contributed by atoms with Crippen molar-refractivity contribution in [2.75, 3.05) is 39.4 Å². The van der Waals surface area contributed by atoms with E-state index in [9.17, 15) is 13.2 Å². The lowest BCUT2D eigenvalue weighted by atomic mass is 9.97. The fraction of sp³-hybridized carbons (Fsp3) is 0.519. The highest BCUT2D eigenvalue weighted by Gasteiger charge is 2.33. The van der Waals surface area contributed by atoms with Gasteiger partial charge in [-0.15, -0.1) is 0 Å². The number of aryl methyl sites for hydroxylation is 3. The van der Waals surface area contributed by atoms with Gasteiger partial charge in [-0.2, -0.15) is 4.31 Å². The Morgan fingerprint density at radius 1 is 0.971 bits per heavy atom. The van der Waals surface area contributed by atoms with E-state index in [1.54, 1.807) is 0 Å². The van der Waals surface area contributed by atoms with Crippen LogP contribution >= 0.6 is 0 Å². The second kappa shape index (κ2) is 11.2. The molecule has 0 aliphatic carbocycles. The van der Waals surface area contributed by atoms with Crippen LogP contribution in [0.15, 0.2) is 41.3 Å². The summed E-state index contributed by atoms with van der Waals surface area (Å²) in [6, 6.07) is 12.2. The first-order valence-electron chi connectivity index (χ1n) is 12.5. The van der Waals surface area contributed by atoms with Crippen molar-refractivity contribution in [1.82, 2.24) is 14.5 Å². The summed E-state index contributed by atoms with van der Waals surface area (Å²) < 4.78 is 33.6. The Hall–Kier alpha value is -2.26. The van der Waals surface area contributed by atoms with Crippen molar-refractivity contribution in [3.8, 4) is 0 Å². The average Bonchev–Trinajstić information content (AvgIpc) is 2.83. The van der Waals surface area contributed by atoms with Crippen LogP contribution in [-0.4, -0.2) is 62.9 Å². The zero-order valence-corrected chi connectivity index (χ0v) is 21.9. The predicted octanol–water partition coefficient (Wildman–Crippen LogP) is 3.16. The molecule has 4 rings (SSSR count). The molecule has 2 heterocycles. The van der Waals surface area contributed by atoms with Crippen molar-refractivity contribution in [3.05, 3.63) is 64.2 Å². The summed E-state index contributed by atoms with van der Waals surface area (Å²) >= 11 is 0. The van der Waals surface area contributed by atoms with Crippen LogP contribution < -0.4 is 5.32 Å². The molecule has 35 heavy (non-hydrogen) atoms. The highest BCUT2D eigenvalue weighted by atomic mass is 32.2. The number of hydrogen-bond donors (Lipinski definition) is 1. The minimum atomic E-state index is -3.57. The van der Waals surface area contributed by atoms with Crippen LogP contribution in [0.1, 0.15) is 40.7 Å². The second-order valence-electron chi connectivity index (χ2n) is 9.83. The monoisotopic (exact) mass is 499 g/mol. The Kier molecular flexibility index (Phi) is 8.27. The van der Waals surface area contributed by atoms with Crippen LogP contribution in [0.5, 0.6) is 0 Å². The molecule has 0 radical (unpaired) electrons. The molecule has 2 aliphatic rings. The number of carbonyl (C=O) groups excluding carboxylic acids is 1. The van der Waals surface area contributed by atoms with Gasteiger partial charge in [0, 0.05) is 45.2 Å². The molecule has 0 bridgehead atoms. The minimum absolute atomic E-state index is 0.00308. The van der Waals surface area contributed by atoms with E-state index in [1.165, 1.54) is 9.87 Å². The van der Waals surface area contributed by atoms with Gasteiger partial charge in [-0.05, 0) is 55.9 Å². The number of sulfonamides is 1. The smallest absolute Gasteiger partial charge is 0.243 e. The Morgan fingerprint density at radius 2 is 1.60 bits per heavy atom. The lowest BCUT2D eigenvalue weighted by Gasteiger charge is -2.31. The molecule has 1 N–H and O–H groups in total. The van der Waals surface area contributed by atoms with Gasteiger partial charge >= 0.3 is 0 Å². The molecular formula is C27H37N3O4S. The van der Waals surface area contributed by atoms with Crippen molar-refractivity contribution in [1.29, 1.82) is 0 Å². The zero-order chi connectivity index (χ0) is 25.0. The molecule has 2 aromatic rings. The van der Waals surface area contributed by atoms with Crippen molar-refractivity contribution in [2.45, 2.75) is 51.6 Å². The number of nitrogens with one attached hydrogen (secondary N) is 1. The number of carbonyl (C=O) groups is 1. The summed E-state index contributed by atoms with van der Waals surface area (Å²) in [5, 5.41) is 3.07. The Labute approximate surface area is 209 Å². The van der Waals surface area contributed by atoms with Gasteiger partial charge in [0.05, 0.1) is 18.1 Å². The minimum Gasteiger partial charge on any atom is -0.379 e. The third-order valence-electron chi connectivity index (χ3n) is 7.00. The molecule has 7 nitrogen and oxygen atoms in total. The fourth-order valence-corrected chi connectivity index (χ4v) is 7.13. The molecule has 1 amide bonds. The maximum Gasteiger partial charge on any atom is 0.243 e. The molecule has 0 unspecified atom stereocenters. The lowest BCUT2D eigenvalue weighted by molar-refractivity contribution is -0.126. The summed E-state index contributed by atoms with van der Waals surface area (Å²) in [6.07, 6.45) is 1.07. The maximum atomic E-state index is 13.3. The molecule has 2 saturated heterocycles. The largest absolute Gasteiger partial charge is 0.379 e. The predicted molar refractivity (Wildman–Crippen MR) is 137 cm³/mol. The third kappa shape index (κ3) is 6.30. The average molecular weight is 500 g/mol. The van der Waals surface area contributed by atoms with Crippen LogP contribution in [0.3, 0.4) is 0 Å². The van der Waals surface area contributed by atoms with Gasteiger partial charge in [-0.3, -0.25) is 9.69 Å². The highest BCUT2D eigenvalue weighted by molar-refractivity contribution is 7.89. The van der Waals surface area contributed by atoms with Gasteiger partial charge < -0.3 is 10.1 Å². The standard InChI is InChI=1S/C27H37N3O4S/c1-20-15-21(2)26(22(3)16-20)35(32,33)30-9-7-25(8-10-30)27(31)28-18-23-5-4-6-24(17-23)19-29-11-13-34-14-12-29/h4-6,15-17,25H,7-14,18-19H2,1-3H3,(H,28,31). The molecule has 2 fully saturated rings. The summed E-state index contributed by atoms with van der Waals surface area (Å²) in [5.74, 6) is -0.165. The Bertz CT molecular complexity index is 1130. The maximum absolute atomic E-state index is 13.3. The van der Waals surface area contributed by atoms with Crippen LogP contribution in [0.25, 0.3) is 0 Å². The van der Waals surface area contributed by atoms with Gasteiger partial charge in [-0.1, -0.05) is 42.0 Å². The summed E-state index contributed by atoms with van der Waals surface area (Å²) in [7, 11) is -3.57. The van der Waals surface area contributed by atoms with E-state index in [-0.39, 0.29) is 11.8 Å². The first-order valence-corrected chi connectivity index (χ1v) is 13.9. The molecule has 190 valence electrons. The molecule has 0 atom stereocenters. The van der Waals surface area contributed by atoms with E-state index in [0.717, 1.165) is 55.1 Å². The number of ether oxygens (including phenoxy) is 1. The molecule has 2 aromatic carbocycles. The first-order chi connectivity index (χ1) is 16.7. The molecule has 0 saturated carbocycles. The number of morpholine rings is 1. The second-order valence-corrected chi connectivity index (χ2v) is 11.7. The number of amides is 1. The number of piperidine rings is 1. The van der Waals surface area contributed by atoms with Gasteiger partial charge in [0.15, 0.2) is 0 Å². The van der Waals surface area contributed by atoms with Crippen molar-refractivity contribution in [3.63, 3.8) is 0 Å². The highest BCUT2D eigenvalue weighted by Crippen LogP contribution is 2.29. The van der Waals surface area contributed by atoms with Crippen LogP contribution in [-0.2, 0) is 32.6 Å². The fourth-order valence-electron chi connectivity index (χ4n) is 5.25. The van der Waals surface area contributed by atoms with Crippen molar-refractivity contribution in [2.24, 2.45) is 5.92 Å². The number of rotatable bonds is 7. The molecule has 8 heteroatoms. The van der Waals surface area contributed by atoms with E-state index in [0.29, 0.717) is 37.4 Å². The first kappa shape index (κ1) is 25.8. The molecule has 0 spiro atoms. The molecule has 2 aliphatic heterocycles. The summed E-state index contributed by atoms with van der Waals surface area (Å²) in [6.45, 7) is 11.2. The van der Waals surface area contributed by atoms with E-state index in [2.05, 4.69) is 22.3 Å². The van der Waals surface area contributed by atoms with Crippen LogP contribution in [0, 0.1) is 26.7 Å². The third-order valence-corrected chi connectivity index (χ3v) is 9.20. The van der Waals surface area contributed by atoms with E-state index >= 15 is 0 Å². The van der Waals surface area contributed by atoms with Crippen LogP contribution in [0.4, 0.5) is 0 Å². The van der Waals surface area contributed by atoms with E-state index in [4.69, 9.17) is 4.74 Å². The van der Waals surface area contributed by atoms with Crippen LogP contribution in [0.2, 0.25) is 0 Å².